The summed E-state index contributed by atoms with van der Waals surface area (Å²) in [7, 11) is -3.78. The maximum absolute atomic E-state index is 12.2. The molecule has 10 nitrogen and oxygen atoms in total. The number of thioether (sulfide) groups is 1. The zero-order chi connectivity index (χ0) is 20.9. The summed E-state index contributed by atoms with van der Waals surface area (Å²) >= 11 is 1.15. The Hall–Kier alpha value is -2.96. The third-order valence-corrected chi connectivity index (χ3v) is 5.48. The number of hydrogen-bond acceptors (Lipinski definition) is 8. The molecule has 12 heteroatoms. The molecule has 0 saturated carbocycles. The first-order chi connectivity index (χ1) is 13.9. The fourth-order valence-electron chi connectivity index (χ4n) is 2.38. The van der Waals surface area contributed by atoms with Gasteiger partial charge in [-0.3, -0.25) is 4.79 Å². The fraction of sp³-hybridized carbons (Fsp3) is 0.176. The number of nitrogens with one attached hydrogen (secondary N) is 1. The average Bonchev–Trinajstić information content (AvgIpc) is 3.15. The van der Waals surface area contributed by atoms with Crippen LogP contribution in [0.15, 0.2) is 58.6 Å². The largest absolute Gasteiger partial charge is 0.492 e. The molecule has 0 aliphatic carbocycles. The van der Waals surface area contributed by atoms with Crippen LogP contribution in [0.3, 0.4) is 0 Å². The molecule has 3 aromatic rings. The molecule has 0 aliphatic rings. The molecule has 29 heavy (non-hydrogen) atoms. The third kappa shape index (κ3) is 5.31. The summed E-state index contributed by atoms with van der Waals surface area (Å²) in [6.45, 7) is 2.38. The number of amides is 1. The standard InChI is InChI=1S/C17H18N6O4S2/c1-2-27-15-6-4-3-5-14(15)23-17(20-21-22-23)28-11-16(24)19-12-7-9-13(10-8-12)29(18,25)26/h3-10H,2,11H2,1H3,(H,19,24)(H2,18,25,26). The molecule has 0 aliphatic heterocycles. The number of carbonyl (C=O) groups is 1. The Balaban J connectivity index is 1.66. The van der Waals surface area contributed by atoms with Crippen molar-refractivity contribution in [3.8, 4) is 11.4 Å². The van der Waals surface area contributed by atoms with Gasteiger partial charge in [0.05, 0.1) is 17.3 Å². The number of primary sulfonamides is 1. The molecule has 1 aromatic heterocycles. The summed E-state index contributed by atoms with van der Waals surface area (Å²) in [6, 6.07) is 12.9. The van der Waals surface area contributed by atoms with Crippen LogP contribution in [0.2, 0.25) is 0 Å². The summed E-state index contributed by atoms with van der Waals surface area (Å²) in [6.07, 6.45) is 0. The van der Waals surface area contributed by atoms with Crippen molar-refractivity contribution in [3.05, 3.63) is 48.5 Å². The Morgan fingerprint density at radius 3 is 2.62 bits per heavy atom. The van der Waals surface area contributed by atoms with E-state index in [2.05, 4.69) is 20.8 Å². The van der Waals surface area contributed by atoms with Crippen molar-refractivity contribution in [2.75, 3.05) is 17.7 Å². The lowest BCUT2D eigenvalue weighted by molar-refractivity contribution is -0.113. The number of carbonyl (C=O) groups excluding carboxylic acids is 1. The van der Waals surface area contributed by atoms with E-state index in [1.807, 2.05) is 31.2 Å². The molecule has 0 radical (unpaired) electrons. The number of anilines is 1. The lowest BCUT2D eigenvalue weighted by atomic mass is 10.3. The van der Waals surface area contributed by atoms with Crippen LogP contribution in [0.25, 0.3) is 5.69 Å². The van der Waals surface area contributed by atoms with Gasteiger partial charge in [0.25, 0.3) is 0 Å². The van der Waals surface area contributed by atoms with Gasteiger partial charge in [0.1, 0.15) is 11.4 Å². The lowest BCUT2D eigenvalue weighted by Gasteiger charge is -2.10. The lowest BCUT2D eigenvalue weighted by Crippen LogP contribution is -2.15. The van der Waals surface area contributed by atoms with E-state index in [1.54, 1.807) is 0 Å². The number of nitrogens with two attached hydrogens (primary N) is 1. The molecule has 152 valence electrons. The molecule has 2 aromatic carbocycles. The van der Waals surface area contributed by atoms with Gasteiger partial charge in [0.15, 0.2) is 0 Å². The zero-order valence-corrected chi connectivity index (χ0v) is 17.0. The molecule has 0 atom stereocenters. The minimum Gasteiger partial charge on any atom is -0.492 e. The first kappa shape index (κ1) is 20.8. The molecule has 1 amide bonds. The summed E-state index contributed by atoms with van der Waals surface area (Å²) < 4.78 is 29.6. The topological polar surface area (TPSA) is 142 Å². The first-order valence-electron chi connectivity index (χ1n) is 8.44. The molecular weight excluding hydrogens is 416 g/mol. The number of para-hydroxylation sites is 2. The molecule has 0 unspecified atom stereocenters. The number of hydrogen-bond donors (Lipinski definition) is 2. The van der Waals surface area contributed by atoms with E-state index in [9.17, 15) is 13.2 Å². The Bertz CT molecular complexity index is 1100. The predicted molar refractivity (Wildman–Crippen MR) is 107 cm³/mol. The van der Waals surface area contributed by atoms with Crippen molar-refractivity contribution in [2.45, 2.75) is 17.0 Å². The smallest absolute Gasteiger partial charge is 0.238 e. The maximum atomic E-state index is 12.2. The van der Waals surface area contributed by atoms with E-state index in [0.29, 0.717) is 28.9 Å². The van der Waals surface area contributed by atoms with Crippen LogP contribution in [-0.4, -0.2) is 46.9 Å². The number of aromatic nitrogens is 4. The van der Waals surface area contributed by atoms with Crippen molar-refractivity contribution in [1.82, 2.24) is 20.2 Å². The van der Waals surface area contributed by atoms with E-state index in [4.69, 9.17) is 9.88 Å². The van der Waals surface area contributed by atoms with Crippen LogP contribution in [-0.2, 0) is 14.8 Å². The Kier molecular flexibility index (Phi) is 6.46. The van der Waals surface area contributed by atoms with Crippen molar-refractivity contribution in [2.24, 2.45) is 5.14 Å². The van der Waals surface area contributed by atoms with Crippen LogP contribution in [0.5, 0.6) is 5.75 Å². The Morgan fingerprint density at radius 2 is 1.93 bits per heavy atom. The number of benzene rings is 2. The first-order valence-corrected chi connectivity index (χ1v) is 11.0. The number of tetrazole rings is 1. The summed E-state index contributed by atoms with van der Waals surface area (Å²) in [4.78, 5) is 12.2. The Morgan fingerprint density at radius 1 is 1.21 bits per heavy atom. The number of ether oxygens (including phenoxy) is 1. The molecule has 0 fully saturated rings. The van der Waals surface area contributed by atoms with E-state index in [-0.39, 0.29) is 16.6 Å². The van der Waals surface area contributed by atoms with Gasteiger partial charge in [0, 0.05) is 5.69 Å². The van der Waals surface area contributed by atoms with Gasteiger partial charge in [-0.15, -0.1) is 5.10 Å². The minimum absolute atomic E-state index is 0.0305. The molecule has 3 rings (SSSR count). The van der Waals surface area contributed by atoms with Gasteiger partial charge in [-0.05, 0) is 53.7 Å². The van der Waals surface area contributed by atoms with Crippen molar-refractivity contribution >= 4 is 33.4 Å². The van der Waals surface area contributed by atoms with E-state index < -0.39 is 10.0 Å². The van der Waals surface area contributed by atoms with E-state index in [0.717, 1.165) is 11.8 Å². The van der Waals surface area contributed by atoms with Gasteiger partial charge in [0.2, 0.25) is 21.1 Å². The second-order valence-electron chi connectivity index (χ2n) is 5.68. The van der Waals surface area contributed by atoms with Crippen LogP contribution in [0.1, 0.15) is 6.92 Å². The van der Waals surface area contributed by atoms with Crippen molar-refractivity contribution in [1.29, 1.82) is 0 Å². The van der Waals surface area contributed by atoms with Crippen molar-refractivity contribution < 1.29 is 17.9 Å². The van der Waals surface area contributed by atoms with Gasteiger partial charge in [-0.2, -0.15) is 4.68 Å². The van der Waals surface area contributed by atoms with E-state index >= 15 is 0 Å². The zero-order valence-electron chi connectivity index (χ0n) is 15.3. The molecular formula is C17H18N6O4S2. The number of sulfonamides is 1. The minimum atomic E-state index is -3.78. The molecule has 0 saturated heterocycles. The van der Waals surface area contributed by atoms with Gasteiger partial charge in [-0.25, -0.2) is 13.6 Å². The highest BCUT2D eigenvalue weighted by Gasteiger charge is 2.15. The van der Waals surface area contributed by atoms with Crippen LogP contribution >= 0.6 is 11.8 Å². The van der Waals surface area contributed by atoms with Crippen molar-refractivity contribution in [3.63, 3.8) is 0 Å². The van der Waals surface area contributed by atoms with Crippen LogP contribution < -0.4 is 15.2 Å². The van der Waals surface area contributed by atoms with Gasteiger partial charge >= 0.3 is 0 Å². The van der Waals surface area contributed by atoms with Crippen LogP contribution in [0.4, 0.5) is 5.69 Å². The quantitative estimate of drug-likeness (QED) is 0.507. The highest BCUT2D eigenvalue weighted by Crippen LogP contribution is 2.26. The third-order valence-electron chi connectivity index (χ3n) is 3.63. The number of rotatable bonds is 8. The second-order valence-corrected chi connectivity index (χ2v) is 8.18. The Labute approximate surface area is 171 Å². The summed E-state index contributed by atoms with van der Waals surface area (Å²) in [5.74, 6) is 0.378. The fourth-order valence-corrected chi connectivity index (χ4v) is 3.58. The van der Waals surface area contributed by atoms with E-state index in [1.165, 1.54) is 28.9 Å². The van der Waals surface area contributed by atoms with Gasteiger partial charge < -0.3 is 10.1 Å². The molecule has 0 spiro atoms. The maximum Gasteiger partial charge on any atom is 0.238 e. The molecule has 3 N–H and O–H groups in total. The normalized spacial score (nSPS) is 11.2. The second kappa shape index (κ2) is 9.03. The predicted octanol–water partition coefficient (Wildman–Crippen LogP) is 1.44. The SMILES string of the molecule is CCOc1ccccc1-n1nnnc1SCC(=O)Nc1ccc(S(N)(=O)=O)cc1. The molecule has 1 heterocycles. The highest BCUT2D eigenvalue weighted by atomic mass is 32.2. The molecule has 0 bridgehead atoms. The number of nitrogens with zero attached hydrogens (tertiary/aromatic N) is 4. The average molecular weight is 435 g/mol. The summed E-state index contributed by atoms with van der Waals surface area (Å²) in [5, 5.41) is 19.8. The monoisotopic (exact) mass is 434 g/mol. The van der Waals surface area contributed by atoms with Gasteiger partial charge in [-0.1, -0.05) is 23.9 Å². The highest BCUT2D eigenvalue weighted by molar-refractivity contribution is 7.99. The van der Waals surface area contributed by atoms with Crippen LogP contribution in [0, 0.1) is 0 Å². The summed E-state index contributed by atoms with van der Waals surface area (Å²) in [5.41, 5.74) is 1.12.